The van der Waals surface area contributed by atoms with Gasteiger partial charge in [0.1, 0.15) is 5.52 Å². The number of fused-ring (bicyclic) bond motifs is 1. The number of hydrogen-bond acceptors (Lipinski definition) is 3. The maximum atomic E-state index is 5.09. The first kappa shape index (κ1) is 10.5. The number of aromatic nitrogens is 3. The second-order valence-corrected chi connectivity index (χ2v) is 2.56. The number of methoxy groups -OCH3 is 1. The number of rotatable bonds is 1. The second kappa shape index (κ2) is 4.60. The van der Waals surface area contributed by atoms with Crippen molar-refractivity contribution in [1.82, 2.24) is 14.6 Å². The Morgan fingerprint density at radius 1 is 1.36 bits per heavy atom. The van der Waals surface area contributed by atoms with E-state index >= 15 is 0 Å². The molecule has 0 amide bonds. The lowest BCUT2D eigenvalue weighted by molar-refractivity contribution is 0.400. The Balaban J connectivity index is 0.000000461. The first-order valence-electron chi connectivity index (χ1n) is 4.66. The van der Waals surface area contributed by atoms with Gasteiger partial charge in [-0.1, -0.05) is 13.8 Å². The van der Waals surface area contributed by atoms with Crippen LogP contribution in [0.3, 0.4) is 0 Å². The first-order chi connectivity index (χ1) is 6.83. The molecule has 0 fully saturated rings. The van der Waals surface area contributed by atoms with Gasteiger partial charge in [-0.05, 0) is 6.92 Å². The van der Waals surface area contributed by atoms with Crippen molar-refractivity contribution < 1.29 is 4.74 Å². The van der Waals surface area contributed by atoms with Crippen LogP contribution in [0.5, 0.6) is 5.88 Å². The third-order valence-electron chi connectivity index (χ3n) is 1.77. The van der Waals surface area contributed by atoms with Crippen LogP contribution in [0.1, 0.15) is 19.4 Å². The predicted octanol–water partition coefficient (Wildman–Crippen LogP) is 2.07. The van der Waals surface area contributed by atoms with Crippen molar-refractivity contribution in [2.24, 2.45) is 0 Å². The monoisotopic (exact) mass is 193 g/mol. The number of hydrogen-bond donors (Lipinski definition) is 0. The summed E-state index contributed by atoms with van der Waals surface area (Å²) >= 11 is 0. The molecular weight excluding hydrogens is 178 g/mol. The first-order valence-corrected chi connectivity index (χ1v) is 4.66. The van der Waals surface area contributed by atoms with Gasteiger partial charge in [0, 0.05) is 18.0 Å². The molecule has 0 N–H and O–H groups in total. The van der Waals surface area contributed by atoms with E-state index in [0.717, 1.165) is 11.1 Å². The minimum atomic E-state index is 0.618. The van der Waals surface area contributed by atoms with Gasteiger partial charge >= 0.3 is 0 Å². The number of nitrogens with zero attached hydrogens (tertiary/aromatic N) is 3. The molecule has 4 nitrogen and oxygen atoms in total. The highest BCUT2D eigenvalue weighted by molar-refractivity contribution is 5.60. The van der Waals surface area contributed by atoms with Crippen LogP contribution in [0.25, 0.3) is 5.52 Å². The van der Waals surface area contributed by atoms with E-state index in [9.17, 15) is 0 Å². The summed E-state index contributed by atoms with van der Waals surface area (Å²) in [6, 6.07) is 0. The Hall–Kier alpha value is -1.58. The minimum absolute atomic E-state index is 0.618. The van der Waals surface area contributed by atoms with Gasteiger partial charge in [-0.2, -0.15) is 5.10 Å². The van der Waals surface area contributed by atoms with E-state index in [1.165, 1.54) is 0 Å². The van der Waals surface area contributed by atoms with Gasteiger partial charge in [0.05, 0.1) is 13.3 Å². The highest BCUT2D eigenvalue weighted by Crippen LogP contribution is 2.18. The third-order valence-corrected chi connectivity index (χ3v) is 1.77. The molecule has 2 aromatic rings. The summed E-state index contributed by atoms with van der Waals surface area (Å²) in [5, 5.41) is 4.12. The van der Waals surface area contributed by atoms with E-state index in [-0.39, 0.29) is 0 Å². The minimum Gasteiger partial charge on any atom is -0.479 e. The summed E-state index contributed by atoms with van der Waals surface area (Å²) in [5.74, 6) is 0.618. The lowest BCUT2D eigenvalue weighted by Gasteiger charge is -2.00. The van der Waals surface area contributed by atoms with Crippen LogP contribution in [0.4, 0.5) is 0 Å². The average Bonchev–Trinajstić information content (AvgIpc) is 2.64. The fourth-order valence-corrected chi connectivity index (χ4v) is 1.20. The maximum absolute atomic E-state index is 5.09. The molecule has 76 valence electrons. The lowest BCUT2D eigenvalue weighted by atomic mass is 10.3. The number of ether oxygens (including phenoxy) is 1. The van der Waals surface area contributed by atoms with Gasteiger partial charge in [0.25, 0.3) is 0 Å². The molecule has 0 spiro atoms. The largest absolute Gasteiger partial charge is 0.479 e. The van der Waals surface area contributed by atoms with Crippen molar-refractivity contribution >= 4 is 5.52 Å². The van der Waals surface area contributed by atoms with Gasteiger partial charge in [0.2, 0.25) is 5.88 Å². The van der Waals surface area contributed by atoms with Crippen LogP contribution in [0.2, 0.25) is 0 Å². The van der Waals surface area contributed by atoms with Crippen molar-refractivity contribution in [1.29, 1.82) is 0 Å². The SMILES string of the molecule is CC.COc1nccn2ncc(C)c12. The quantitative estimate of drug-likeness (QED) is 0.696. The fraction of sp³-hybridized carbons (Fsp3) is 0.400. The molecule has 2 rings (SSSR count). The van der Waals surface area contributed by atoms with Crippen LogP contribution in [0.15, 0.2) is 18.6 Å². The second-order valence-electron chi connectivity index (χ2n) is 2.56. The molecule has 0 unspecified atom stereocenters. The zero-order valence-electron chi connectivity index (χ0n) is 8.98. The van der Waals surface area contributed by atoms with E-state index in [0.29, 0.717) is 5.88 Å². The Labute approximate surface area is 83.5 Å². The zero-order chi connectivity index (χ0) is 10.6. The maximum Gasteiger partial charge on any atom is 0.240 e. The molecule has 2 heterocycles. The third kappa shape index (κ3) is 1.69. The van der Waals surface area contributed by atoms with Gasteiger partial charge in [-0.25, -0.2) is 9.50 Å². The Morgan fingerprint density at radius 3 is 2.71 bits per heavy atom. The fourth-order valence-electron chi connectivity index (χ4n) is 1.20. The lowest BCUT2D eigenvalue weighted by Crippen LogP contribution is -1.93. The Bertz CT molecular complexity index is 409. The van der Waals surface area contributed by atoms with E-state index in [1.807, 2.05) is 20.8 Å². The molecule has 14 heavy (non-hydrogen) atoms. The molecule has 0 aliphatic heterocycles. The predicted molar refractivity (Wildman–Crippen MR) is 55.6 cm³/mol. The molecule has 0 aliphatic rings. The van der Waals surface area contributed by atoms with Crippen molar-refractivity contribution in [3.63, 3.8) is 0 Å². The Kier molecular flexibility index (Phi) is 3.45. The molecule has 4 heteroatoms. The van der Waals surface area contributed by atoms with Gasteiger partial charge in [-0.3, -0.25) is 0 Å². The molecule has 0 atom stereocenters. The Morgan fingerprint density at radius 2 is 2.07 bits per heavy atom. The molecule has 0 saturated carbocycles. The molecular formula is C10H15N3O. The highest BCUT2D eigenvalue weighted by Gasteiger charge is 2.05. The highest BCUT2D eigenvalue weighted by atomic mass is 16.5. The van der Waals surface area contributed by atoms with E-state index in [2.05, 4.69) is 10.1 Å². The summed E-state index contributed by atoms with van der Waals surface area (Å²) in [5.41, 5.74) is 2.00. The van der Waals surface area contributed by atoms with Crippen LogP contribution < -0.4 is 4.74 Å². The van der Waals surface area contributed by atoms with Crippen LogP contribution >= 0.6 is 0 Å². The standard InChI is InChI=1S/C8H9N3O.C2H6/c1-6-5-10-11-4-3-9-8(12-2)7(6)11;1-2/h3-5H,1-2H3;1-2H3. The normalized spacial score (nSPS) is 9.43. The van der Waals surface area contributed by atoms with Crippen molar-refractivity contribution in [2.45, 2.75) is 20.8 Å². The van der Waals surface area contributed by atoms with Crippen molar-refractivity contribution in [3.05, 3.63) is 24.2 Å². The summed E-state index contributed by atoms with van der Waals surface area (Å²) in [7, 11) is 1.61. The molecule has 0 aliphatic carbocycles. The summed E-state index contributed by atoms with van der Waals surface area (Å²) in [4.78, 5) is 4.08. The van der Waals surface area contributed by atoms with E-state index < -0.39 is 0 Å². The summed E-state index contributed by atoms with van der Waals surface area (Å²) in [6.45, 7) is 5.98. The number of aryl methyl sites for hydroxylation is 1. The average molecular weight is 193 g/mol. The van der Waals surface area contributed by atoms with Crippen LogP contribution in [-0.2, 0) is 0 Å². The van der Waals surface area contributed by atoms with Crippen molar-refractivity contribution in [3.8, 4) is 5.88 Å². The smallest absolute Gasteiger partial charge is 0.240 e. The summed E-state index contributed by atoms with van der Waals surface area (Å²) in [6.07, 6.45) is 5.25. The van der Waals surface area contributed by atoms with Gasteiger partial charge < -0.3 is 4.74 Å². The summed E-state index contributed by atoms with van der Waals surface area (Å²) < 4.78 is 6.85. The zero-order valence-corrected chi connectivity index (χ0v) is 8.98. The van der Waals surface area contributed by atoms with Crippen LogP contribution in [0, 0.1) is 6.92 Å². The molecule has 0 aromatic carbocycles. The van der Waals surface area contributed by atoms with E-state index in [1.54, 1.807) is 30.2 Å². The van der Waals surface area contributed by atoms with E-state index in [4.69, 9.17) is 4.74 Å². The molecule has 0 bridgehead atoms. The molecule has 0 saturated heterocycles. The molecule has 2 aromatic heterocycles. The van der Waals surface area contributed by atoms with Crippen molar-refractivity contribution in [2.75, 3.05) is 7.11 Å². The van der Waals surface area contributed by atoms with Crippen LogP contribution in [-0.4, -0.2) is 21.7 Å². The topological polar surface area (TPSA) is 39.4 Å². The molecule has 0 radical (unpaired) electrons. The van der Waals surface area contributed by atoms with Gasteiger partial charge in [-0.15, -0.1) is 0 Å². The van der Waals surface area contributed by atoms with Gasteiger partial charge in [0.15, 0.2) is 0 Å².